The molecule has 0 spiro atoms. The minimum Gasteiger partial charge on any atom is -0.367 e. The number of nitriles is 4. The van der Waals surface area contributed by atoms with Crippen molar-refractivity contribution in [2.24, 2.45) is 0 Å². The largest absolute Gasteiger partial charge is 0.367 e. The summed E-state index contributed by atoms with van der Waals surface area (Å²) >= 11 is 0. The van der Waals surface area contributed by atoms with Crippen molar-refractivity contribution in [3.8, 4) is 24.3 Å². The van der Waals surface area contributed by atoms with Crippen LogP contribution in [0.15, 0.2) is 59.7 Å². The lowest BCUT2D eigenvalue weighted by Crippen LogP contribution is -2.36. The van der Waals surface area contributed by atoms with Gasteiger partial charge in [0.15, 0.2) is 0 Å². The van der Waals surface area contributed by atoms with Gasteiger partial charge in [-0.25, -0.2) is 0 Å². The van der Waals surface area contributed by atoms with Crippen molar-refractivity contribution in [2.75, 3.05) is 9.80 Å². The van der Waals surface area contributed by atoms with Crippen LogP contribution in [0.25, 0.3) is 11.1 Å². The third-order valence-electron chi connectivity index (χ3n) is 6.33. The average Bonchev–Trinajstić information content (AvgIpc) is 2.86. The maximum atomic E-state index is 9.87. The van der Waals surface area contributed by atoms with E-state index in [1.54, 1.807) is 0 Å². The lowest BCUT2D eigenvalue weighted by Gasteiger charge is -2.33. The molecule has 0 atom stereocenters. The monoisotopic (exact) mass is 504 g/mol. The Labute approximate surface area is 227 Å². The van der Waals surface area contributed by atoms with E-state index < -0.39 is 0 Å². The summed E-state index contributed by atoms with van der Waals surface area (Å²) < 4.78 is 0. The first-order valence-corrected chi connectivity index (χ1v) is 12.9. The van der Waals surface area contributed by atoms with Gasteiger partial charge in [-0.15, -0.1) is 0 Å². The van der Waals surface area contributed by atoms with E-state index in [-0.39, 0.29) is 46.5 Å². The Kier molecular flexibility index (Phi) is 10.3. The summed E-state index contributed by atoms with van der Waals surface area (Å²) in [6.45, 7) is 17.0. The Balaban J connectivity index is 2.80. The van der Waals surface area contributed by atoms with Gasteiger partial charge in [0.2, 0.25) is 0 Å². The smallest absolute Gasteiger partial charge is 0.138 e. The molecule has 0 aromatic heterocycles. The maximum absolute atomic E-state index is 9.87. The van der Waals surface area contributed by atoms with Crippen LogP contribution in [0.2, 0.25) is 0 Å². The van der Waals surface area contributed by atoms with Gasteiger partial charge < -0.3 is 9.80 Å². The lowest BCUT2D eigenvalue weighted by atomic mass is 9.86. The second kappa shape index (κ2) is 13.1. The van der Waals surface area contributed by atoms with Crippen LogP contribution in [-0.2, 0) is 0 Å². The average molecular weight is 505 g/mol. The summed E-state index contributed by atoms with van der Waals surface area (Å²) in [6, 6.07) is 24.2. The van der Waals surface area contributed by atoms with E-state index in [2.05, 4.69) is 65.2 Å². The number of allylic oxidation sites excluding steroid dienone is 4. The van der Waals surface area contributed by atoms with Gasteiger partial charge in [0, 0.05) is 46.7 Å². The minimum absolute atomic E-state index is 0.157. The SMILES string of the molecule is CC(C)N(c1ccc(C(=C(C#N)C#N)C(=C(C#N)C#N)c2ccc(N(C(C)C)C(C)C)cc2)cc1)C(C)C. The standard InChI is InChI=1S/C32H36N6/c1-21(2)37(22(3)4)29-13-9-25(10-14-29)31(27(17-33)18-34)32(28(19-35)20-36)26-11-15-30(16-12-26)38(23(5)6)24(7)8/h9-16,21-24H,1-8H3. The summed E-state index contributed by atoms with van der Waals surface area (Å²) in [7, 11) is 0. The van der Waals surface area contributed by atoms with E-state index in [0.29, 0.717) is 11.1 Å². The van der Waals surface area contributed by atoms with Crippen LogP contribution in [0.5, 0.6) is 0 Å². The van der Waals surface area contributed by atoms with Crippen LogP contribution in [0, 0.1) is 45.3 Å². The Morgan fingerprint density at radius 1 is 0.474 bits per heavy atom. The summed E-state index contributed by atoms with van der Waals surface area (Å²) in [4.78, 5) is 4.53. The van der Waals surface area contributed by atoms with Gasteiger partial charge in [-0.2, -0.15) is 21.0 Å². The Hall–Kier alpha value is -4.52. The van der Waals surface area contributed by atoms with Gasteiger partial charge in [-0.3, -0.25) is 0 Å². The van der Waals surface area contributed by atoms with Crippen molar-refractivity contribution >= 4 is 22.5 Å². The second-order valence-corrected chi connectivity index (χ2v) is 10.2. The number of rotatable bonds is 9. The molecule has 2 aromatic rings. The number of anilines is 2. The summed E-state index contributed by atoms with van der Waals surface area (Å²) in [5, 5.41) is 39.5. The molecule has 194 valence electrons. The number of hydrogen-bond donors (Lipinski definition) is 0. The molecule has 0 bridgehead atoms. The lowest BCUT2D eigenvalue weighted by molar-refractivity contribution is 0.608. The van der Waals surface area contributed by atoms with Crippen molar-refractivity contribution in [1.29, 1.82) is 21.0 Å². The molecular weight excluding hydrogens is 468 g/mol. The molecule has 0 aliphatic carbocycles. The quantitative estimate of drug-likeness (QED) is 0.263. The zero-order valence-electron chi connectivity index (χ0n) is 23.6. The molecular formula is C32H36N6. The van der Waals surface area contributed by atoms with Crippen LogP contribution in [0.4, 0.5) is 11.4 Å². The molecule has 2 rings (SSSR count). The third-order valence-corrected chi connectivity index (χ3v) is 6.33. The Bertz CT molecular complexity index is 1190. The van der Waals surface area contributed by atoms with E-state index in [0.717, 1.165) is 11.4 Å². The number of hydrogen-bond acceptors (Lipinski definition) is 6. The van der Waals surface area contributed by atoms with Crippen molar-refractivity contribution < 1.29 is 0 Å². The van der Waals surface area contributed by atoms with Crippen LogP contribution in [0.3, 0.4) is 0 Å². The molecule has 6 heteroatoms. The molecule has 0 aliphatic heterocycles. The fraction of sp³-hybridized carbons (Fsp3) is 0.375. The maximum Gasteiger partial charge on any atom is 0.138 e. The van der Waals surface area contributed by atoms with Crippen LogP contribution in [0.1, 0.15) is 66.5 Å². The zero-order valence-corrected chi connectivity index (χ0v) is 23.6. The van der Waals surface area contributed by atoms with Crippen molar-refractivity contribution in [2.45, 2.75) is 79.6 Å². The molecule has 38 heavy (non-hydrogen) atoms. The Morgan fingerprint density at radius 3 is 0.895 bits per heavy atom. The first-order valence-electron chi connectivity index (χ1n) is 12.9. The molecule has 0 heterocycles. The fourth-order valence-electron chi connectivity index (χ4n) is 5.09. The topological polar surface area (TPSA) is 102 Å². The highest BCUT2D eigenvalue weighted by Gasteiger charge is 2.23. The highest BCUT2D eigenvalue weighted by atomic mass is 15.2. The third kappa shape index (κ3) is 6.42. The fourth-order valence-corrected chi connectivity index (χ4v) is 5.09. The van der Waals surface area contributed by atoms with E-state index in [4.69, 9.17) is 0 Å². The zero-order chi connectivity index (χ0) is 28.6. The number of benzene rings is 2. The molecule has 0 N–H and O–H groups in total. The minimum atomic E-state index is -0.157. The summed E-state index contributed by atoms with van der Waals surface area (Å²) in [6.07, 6.45) is 0. The van der Waals surface area contributed by atoms with Gasteiger partial charge in [0.1, 0.15) is 35.4 Å². The van der Waals surface area contributed by atoms with E-state index >= 15 is 0 Å². The Morgan fingerprint density at radius 2 is 0.711 bits per heavy atom. The van der Waals surface area contributed by atoms with Crippen LogP contribution >= 0.6 is 0 Å². The highest BCUT2D eigenvalue weighted by molar-refractivity contribution is 6.11. The second-order valence-electron chi connectivity index (χ2n) is 10.2. The van der Waals surface area contributed by atoms with Gasteiger partial charge in [0.25, 0.3) is 0 Å². The van der Waals surface area contributed by atoms with Crippen molar-refractivity contribution in [3.05, 3.63) is 70.8 Å². The molecule has 6 nitrogen and oxygen atoms in total. The summed E-state index contributed by atoms with van der Waals surface area (Å²) in [5.41, 5.74) is 3.43. The molecule has 0 fully saturated rings. The van der Waals surface area contributed by atoms with Crippen LogP contribution < -0.4 is 9.80 Å². The van der Waals surface area contributed by atoms with E-state index in [9.17, 15) is 21.0 Å². The molecule has 0 saturated carbocycles. The van der Waals surface area contributed by atoms with Crippen molar-refractivity contribution in [1.82, 2.24) is 0 Å². The van der Waals surface area contributed by atoms with Gasteiger partial charge in [-0.1, -0.05) is 24.3 Å². The van der Waals surface area contributed by atoms with Gasteiger partial charge in [0.05, 0.1) is 0 Å². The first-order chi connectivity index (χ1) is 18.0. The van der Waals surface area contributed by atoms with E-state index in [1.807, 2.05) is 72.8 Å². The molecule has 0 saturated heterocycles. The number of nitrogens with zero attached hydrogens (tertiary/aromatic N) is 6. The molecule has 0 amide bonds. The van der Waals surface area contributed by atoms with Crippen molar-refractivity contribution in [3.63, 3.8) is 0 Å². The van der Waals surface area contributed by atoms with Crippen LogP contribution in [-0.4, -0.2) is 24.2 Å². The summed E-state index contributed by atoms with van der Waals surface area (Å²) in [5.74, 6) is 0. The molecule has 0 radical (unpaired) electrons. The van der Waals surface area contributed by atoms with E-state index in [1.165, 1.54) is 0 Å². The van der Waals surface area contributed by atoms with Gasteiger partial charge >= 0.3 is 0 Å². The molecule has 0 aliphatic rings. The van der Waals surface area contributed by atoms with Gasteiger partial charge in [-0.05, 0) is 90.8 Å². The predicted octanol–water partition coefficient (Wildman–Crippen LogP) is 7.23. The normalized spacial score (nSPS) is 10.4. The molecule has 0 unspecified atom stereocenters. The predicted molar refractivity (Wildman–Crippen MR) is 155 cm³/mol. The molecule has 2 aromatic carbocycles. The highest BCUT2D eigenvalue weighted by Crippen LogP contribution is 2.38. The first kappa shape index (κ1) is 29.7.